The highest BCUT2D eigenvalue weighted by atomic mass is 16.6. The Morgan fingerprint density at radius 3 is 2.62 bits per heavy atom. The number of nitro groups is 1. The van der Waals surface area contributed by atoms with Crippen LogP contribution in [0.15, 0.2) is 41.2 Å². The second kappa shape index (κ2) is 7.07. The molecule has 0 bridgehead atoms. The number of nitrogens with zero attached hydrogens (tertiary/aromatic N) is 3. The molecule has 0 amide bonds. The number of nitro benzene ring substituents is 1. The lowest BCUT2D eigenvalue weighted by atomic mass is 10.1. The summed E-state index contributed by atoms with van der Waals surface area (Å²) < 4.78 is 1.65. The molecule has 0 aliphatic rings. The zero-order valence-corrected chi connectivity index (χ0v) is 15.2. The minimum absolute atomic E-state index is 0.0991. The van der Waals surface area contributed by atoms with Crippen molar-refractivity contribution in [1.82, 2.24) is 9.55 Å². The average molecular weight is 351 g/mol. The van der Waals surface area contributed by atoms with E-state index in [2.05, 4.69) is 11.1 Å². The van der Waals surface area contributed by atoms with Crippen LogP contribution < -0.4 is 5.56 Å². The molecule has 3 rings (SSSR count). The molecule has 0 aliphatic heterocycles. The van der Waals surface area contributed by atoms with E-state index in [0.717, 1.165) is 23.1 Å². The van der Waals surface area contributed by atoms with E-state index in [1.165, 1.54) is 12.1 Å². The van der Waals surface area contributed by atoms with Crippen molar-refractivity contribution in [3.8, 4) is 0 Å². The van der Waals surface area contributed by atoms with E-state index < -0.39 is 4.92 Å². The zero-order chi connectivity index (χ0) is 18.8. The molecule has 0 radical (unpaired) electrons. The molecule has 6 nitrogen and oxygen atoms in total. The van der Waals surface area contributed by atoms with Crippen LogP contribution in [0.25, 0.3) is 10.9 Å². The third-order valence-electron chi connectivity index (χ3n) is 4.53. The number of aromatic nitrogens is 2. The highest BCUT2D eigenvalue weighted by Gasteiger charge is 2.15. The van der Waals surface area contributed by atoms with Crippen molar-refractivity contribution in [1.29, 1.82) is 0 Å². The fourth-order valence-electron chi connectivity index (χ4n) is 3.09. The Balaban J connectivity index is 2.22. The Labute approximate surface area is 151 Å². The predicted octanol–water partition coefficient (Wildman–Crippen LogP) is 3.92. The molecule has 0 saturated carbocycles. The van der Waals surface area contributed by atoms with Crippen LogP contribution in [0.4, 0.5) is 5.69 Å². The minimum Gasteiger partial charge on any atom is -0.292 e. The summed E-state index contributed by atoms with van der Waals surface area (Å²) in [6, 6.07) is 10.4. The third-order valence-corrected chi connectivity index (χ3v) is 4.53. The van der Waals surface area contributed by atoms with E-state index in [9.17, 15) is 14.9 Å². The van der Waals surface area contributed by atoms with Crippen molar-refractivity contribution in [2.45, 2.75) is 40.2 Å². The number of hydrogen-bond donors (Lipinski definition) is 0. The van der Waals surface area contributed by atoms with Gasteiger partial charge < -0.3 is 0 Å². The van der Waals surface area contributed by atoms with Gasteiger partial charge in [-0.3, -0.25) is 19.5 Å². The van der Waals surface area contributed by atoms with Crippen molar-refractivity contribution in [2.75, 3.05) is 0 Å². The van der Waals surface area contributed by atoms with E-state index in [1.807, 2.05) is 32.9 Å². The third kappa shape index (κ3) is 3.35. The molecule has 0 N–H and O–H groups in total. The van der Waals surface area contributed by atoms with Crippen LogP contribution in [-0.4, -0.2) is 14.5 Å². The summed E-state index contributed by atoms with van der Waals surface area (Å²) in [5.41, 5.74) is 3.45. The van der Waals surface area contributed by atoms with E-state index in [-0.39, 0.29) is 16.6 Å². The first-order valence-electron chi connectivity index (χ1n) is 8.64. The topological polar surface area (TPSA) is 78.0 Å². The molecule has 0 saturated heterocycles. The molecule has 26 heavy (non-hydrogen) atoms. The molecule has 1 heterocycles. The largest absolute Gasteiger partial charge is 0.292 e. The van der Waals surface area contributed by atoms with Crippen molar-refractivity contribution in [3.63, 3.8) is 0 Å². The second-order valence-electron chi connectivity index (χ2n) is 6.56. The molecule has 0 atom stereocenters. The van der Waals surface area contributed by atoms with E-state index >= 15 is 0 Å². The summed E-state index contributed by atoms with van der Waals surface area (Å²) in [4.78, 5) is 28.3. The quantitative estimate of drug-likeness (QED) is 0.515. The van der Waals surface area contributed by atoms with Gasteiger partial charge in [0.15, 0.2) is 0 Å². The minimum atomic E-state index is -0.492. The number of fused-ring (bicyclic) bond motifs is 1. The maximum atomic E-state index is 13.1. The first-order chi connectivity index (χ1) is 12.4. The Kier molecular flexibility index (Phi) is 4.84. The van der Waals surface area contributed by atoms with Crippen LogP contribution in [0.3, 0.4) is 0 Å². The highest BCUT2D eigenvalue weighted by Crippen LogP contribution is 2.19. The molecular weight excluding hydrogens is 330 g/mol. The van der Waals surface area contributed by atoms with Crippen LogP contribution in [0, 0.1) is 24.0 Å². The number of rotatable bonds is 5. The van der Waals surface area contributed by atoms with E-state index in [4.69, 9.17) is 0 Å². The molecule has 0 spiro atoms. The maximum Gasteiger partial charge on any atom is 0.270 e. The molecular formula is C20H21N3O3. The van der Waals surface area contributed by atoms with Crippen molar-refractivity contribution >= 4 is 16.6 Å². The molecule has 0 aliphatic carbocycles. The van der Waals surface area contributed by atoms with Crippen LogP contribution in [-0.2, 0) is 13.0 Å². The Morgan fingerprint density at radius 1 is 1.15 bits per heavy atom. The lowest BCUT2D eigenvalue weighted by Gasteiger charge is -2.15. The smallest absolute Gasteiger partial charge is 0.270 e. The van der Waals surface area contributed by atoms with Gasteiger partial charge in [0.25, 0.3) is 11.2 Å². The standard InChI is InChI=1S/C20H21N3O3/c1-4-5-19-21-18-9-8-16(23(25)26)11-17(18)20(24)22(19)12-15-10-13(2)6-7-14(15)3/h6-11H,4-5,12H2,1-3H3. The van der Waals surface area contributed by atoms with Crippen LogP contribution in [0.5, 0.6) is 0 Å². The fraction of sp³-hybridized carbons (Fsp3) is 0.300. The lowest BCUT2D eigenvalue weighted by molar-refractivity contribution is -0.384. The summed E-state index contributed by atoms with van der Waals surface area (Å²) >= 11 is 0. The summed E-state index contributed by atoms with van der Waals surface area (Å²) in [7, 11) is 0. The summed E-state index contributed by atoms with van der Waals surface area (Å²) in [6.45, 7) is 6.47. The second-order valence-corrected chi connectivity index (χ2v) is 6.56. The van der Waals surface area contributed by atoms with Gasteiger partial charge in [-0.2, -0.15) is 0 Å². The Bertz CT molecular complexity index is 1050. The monoisotopic (exact) mass is 351 g/mol. The van der Waals surface area contributed by atoms with Crippen LogP contribution in [0.2, 0.25) is 0 Å². The maximum absolute atomic E-state index is 13.1. The van der Waals surface area contributed by atoms with E-state index in [1.54, 1.807) is 10.6 Å². The summed E-state index contributed by atoms with van der Waals surface area (Å²) in [5, 5.41) is 11.3. The highest BCUT2D eigenvalue weighted by molar-refractivity contribution is 5.80. The first kappa shape index (κ1) is 17.8. The average Bonchev–Trinajstić information content (AvgIpc) is 2.61. The number of hydrogen-bond acceptors (Lipinski definition) is 4. The first-order valence-corrected chi connectivity index (χ1v) is 8.64. The lowest BCUT2D eigenvalue weighted by Crippen LogP contribution is -2.26. The molecule has 6 heteroatoms. The van der Waals surface area contributed by atoms with Gasteiger partial charge in [0.05, 0.1) is 22.4 Å². The molecule has 3 aromatic rings. The van der Waals surface area contributed by atoms with Crippen molar-refractivity contribution in [2.24, 2.45) is 0 Å². The normalized spacial score (nSPS) is 11.0. The van der Waals surface area contributed by atoms with Crippen molar-refractivity contribution in [3.05, 3.63) is 79.4 Å². The van der Waals surface area contributed by atoms with Gasteiger partial charge in [0.1, 0.15) is 5.82 Å². The Hall–Kier alpha value is -3.02. The molecule has 1 aromatic heterocycles. The predicted molar refractivity (Wildman–Crippen MR) is 102 cm³/mol. The Morgan fingerprint density at radius 2 is 1.92 bits per heavy atom. The van der Waals surface area contributed by atoms with E-state index in [0.29, 0.717) is 24.3 Å². The molecule has 0 unspecified atom stereocenters. The van der Waals surface area contributed by atoms with Gasteiger partial charge in [-0.15, -0.1) is 0 Å². The number of non-ortho nitro benzene ring substituents is 1. The van der Waals surface area contributed by atoms with Crippen molar-refractivity contribution < 1.29 is 4.92 Å². The molecule has 0 fully saturated rings. The number of aryl methyl sites for hydroxylation is 3. The SMILES string of the molecule is CCCc1nc2ccc([N+](=O)[O-])cc2c(=O)n1Cc1cc(C)ccc1C. The van der Waals surface area contributed by atoms with Gasteiger partial charge in [-0.1, -0.05) is 30.7 Å². The van der Waals surface area contributed by atoms with Gasteiger partial charge in [-0.05, 0) is 37.5 Å². The van der Waals surface area contributed by atoms with Gasteiger partial charge >= 0.3 is 0 Å². The van der Waals surface area contributed by atoms with Crippen LogP contribution >= 0.6 is 0 Å². The van der Waals surface area contributed by atoms with Gasteiger partial charge in [0.2, 0.25) is 0 Å². The van der Waals surface area contributed by atoms with Gasteiger partial charge in [-0.25, -0.2) is 4.98 Å². The zero-order valence-electron chi connectivity index (χ0n) is 15.2. The fourth-order valence-corrected chi connectivity index (χ4v) is 3.09. The molecule has 2 aromatic carbocycles. The summed E-state index contributed by atoms with van der Waals surface area (Å²) in [5.74, 6) is 0.708. The number of benzene rings is 2. The van der Waals surface area contributed by atoms with Gasteiger partial charge in [0, 0.05) is 18.6 Å². The summed E-state index contributed by atoms with van der Waals surface area (Å²) in [6.07, 6.45) is 1.53. The molecule has 134 valence electrons. The van der Waals surface area contributed by atoms with Crippen LogP contribution in [0.1, 0.15) is 35.9 Å².